The van der Waals surface area contributed by atoms with Gasteiger partial charge in [0.25, 0.3) is 11.7 Å². The van der Waals surface area contributed by atoms with Crippen LogP contribution in [-0.2, 0) is 14.3 Å². The van der Waals surface area contributed by atoms with Crippen LogP contribution in [0.15, 0.2) is 58.6 Å². The second-order valence-electron chi connectivity index (χ2n) is 7.23. The van der Waals surface area contributed by atoms with Gasteiger partial charge >= 0.3 is 0 Å². The van der Waals surface area contributed by atoms with E-state index in [-0.39, 0.29) is 30.6 Å². The van der Waals surface area contributed by atoms with E-state index in [0.29, 0.717) is 16.9 Å². The van der Waals surface area contributed by atoms with Gasteiger partial charge in [0.2, 0.25) is 0 Å². The summed E-state index contributed by atoms with van der Waals surface area (Å²) in [4.78, 5) is 27.1. The maximum absolute atomic E-state index is 12.9. The second kappa shape index (κ2) is 9.45. The SMILES string of the molecule is COCCN1C(=O)C(=O)/C(=C(\O)c2ccc(Br)cc2)C1c1ccc(OC(C)C)cc1. The zero-order chi connectivity index (χ0) is 21.8. The van der Waals surface area contributed by atoms with E-state index < -0.39 is 17.7 Å². The molecule has 1 amide bonds. The molecule has 0 spiro atoms. The van der Waals surface area contributed by atoms with Crippen molar-refractivity contribution in [3.05, 3.63) is 69.7 Å². The van der Waals surface area contributed by atoms with Crippen LogP contribution in [0.3, 0.4) is 0 Å². The summed E-state index contributed by atoms with van der Waals surface area (Å²) in [5.41, 5.74) is 1.24. The second-order valence-corrected chi connectivity index (χ2v) is 8.14. The Morgan fingerprint density at radius 3 is 2.30 bits per heavy atom. The van der Waals surface area contributed by atoms with E-state index in [9.17, 15) is 14.7 Å². The van der Waals surface area contributed by atoms with Crippen molar-refractivity contribution in [2.45, 2.75) is 26.0 Å². The number of carbonyl (C=O) groups excluding carboxylic acids is 2. The molecule has 0 aliphatic carbocycles. The van der Waals surface area contributed by atoms with Gasteiger partial charge in [-0.1, -0.05) is 40.2 Å². The molecule has 0 saturated carbocycles. The van der Waals surface area contributed by atoms with Crippen LogP contribution in [0.25, 0.3) is 5.76 Å². The molecule has 6 nitrogen and oxygen atoms in total. The van der Waals surface area contributed by atoms with Gasteiger partial charge in [-0.3, -0.25) is 9.59 Å². The van der Waals surface area contributed by atoms with Crippen LogP contribution in [-0.4, -0.2) is 48.1 Å². The Labute approximate surface area is 184 Å². The number of rotatable bonds is 7. The summed E-state index contributed by atoms with van der Waals surface area (Å²) in [6.07, 6.45) is 0.0283. The Kier molecular flexibility index (Phi) is 6.95. The molecule has 0 radical (unpaired) electrons. The van der Waals surface area contributed by atoms with E-state index >= 15 is 0 Å². The summed E-state index contributed by atoms with van der Waals surface area (Å²) in [5, 5.41) is 11.0. The predicted octanol–water partition coefficient (Wildman–Crippen LogP) is 4.30. The lowest BCUT2D eigenvalue weighted by Gasteiger charge is -2.25. The van der Waals surface area contributed by atoms with E-state index in [1.54, 1.807) is 36.4 Å². The van der Waals surface area contributed by atoms with Crippen LogP contribution < -0.4 is 4.74 Å². The first kappa shape index (κ1) is 22.1. The third-order valence-corrected chi connectivity index (χ3v) is 5.29. The molecule has 1 heterocycles. The number of hydrogen-bond donors (Lipinski definition) is 1. The van der Waals surface area contributed by atoms with Crippen LogP contribution in [0.5, 0.6) is 5.75 Å². The molecule has 2 aromatic rings. The van der Waals surface area contributed by atoms with Gasteiger partial charge in [0.1, 0.15) is 11.5 Å². The number of amides is 1. The van der Waals surface area contributed by atoms with Gasteiger partial charge in [0.15, 0.2) is 0 Å². The molecule has 1 aliphatic heterocycles. The Bertz CT molecular complexity index is 951. The molecule has 2 aromatic carbocycles. The number of methoxy groups -OCH3 is 1. The van der Waals surface area contributed by atoms with Crippen molar-refractivity contribution < 1.29 is 24.2 Å². The van der Waals surface area contributed by atoms with Crippen LogP contribution in [0.1, 0.15) is 31.0 Å². The topological polar surface area (TPSA) is 76.1 Å². The fraction of sp³-hybridized carbons (Fsp3) is 0.304. The number of ketones is 1. The lowest BCUT2D eigenvalue weighted by Crippen LogP contribution is -2.32. The van der Waals surface area contributed by atoms with E-state index in [2.05, 4.69) is 15.9 Å². The van der Waals surface area contributed by atoms with Gasteiger partial charge in [-0.25, -0.2) is 0 Å². The van der Waals surface area contributed by atoms with E-state index in [1.165, 1.54) is 12.0 Å². The Hall–Kier alpha value is -2.64. The smallest absolute Gasteiger partial charge is 0.295 e. The number of benzene rings is 2. The molecule has 3 rings (SSSR count). The minimum atomic E-state index is -0.711. The first-order valence-corrected chi connectivity index (χ1v) is 10.4. The zero-order valence-corrected chi connectivity index (χ0v) is 18.7. The molecule has 30 heavy (non-hydrogen) atoms. The van der Waals surface area contributed by atoms with E-state index in [4.69, 9.17) is 9.47 Å². The molecule has 1 atom stereocenters. The summed E-state index contributed by atoms with van der Waals surface area (Å²) in [5.74, 6) is -0.874. The van der Waals surface area contributed by atoms with Crippen LogP contribution in [0.4, 0.5) is 0 Å². The first-order chi connectivity index (χ1) is 14.3. The standard InChI is InChI=1S/C23H24BrNO5/c1-14(2)30-18-10-6-15(7-11-18)20-19(21(26)16-4-8-17(24)9-5-16)22(27)23(28)25(20)12-13-29-3/h4-11,14,20,26H,12-13H2,1-3H3/b21-19-. The highest BCUT2D eigenvalue weighted by atomic mass is 79.9. The van der Waals surface area contributed by atoms with Gasteiger partial charge in [0, 0.05) is 23.7 Å². The molecule has 158 valence electrons. The number of Topliss-reactive ketones (excluding diaryl/α,β-unsaturated/α-hetero) is 1. The first-order valence-electron chi connectivity index (χ1n) is 9.63. The number of ether oxygens (including phenoxy) is 2. The number of aliphatic hydroxyl groups excluding tert-OH is 1. The number of hydrogen-bond acceptors (Lipinski definition) is 5. The van der Waals surface area contributed by atoms with Crippen molar-refractivity contribution >= 4 is 33.4 Å². The number of halogens is 1. The monoisotopic (exact) mass is 473 g/mol. The summed E-state index contributed by atoms with van der Waals surface area (Å²) in [7, 11) is 1.53. The Morgan fingerprint density at radius 1 is 1.10 bits per heavy atom. The van der Waals surface area contributed by atoms with E-state index in [0.717, 1.165) is 4.47 Å². The molecule has 0 aromatic heterocycles. The Balaban J connectivity index is 2.08. The third kappa shape index (κ3) is 4.57. The van der Waals surface area contributed by atoms with Gasteiger partial charge < -0.3 is 19.5 Å². The molecule has 1 N–H and O–H groups in total. The number of nitrogens with zero attached hydrogens (tertiary/aromatic N) is 1. The van der Waals surface area contributed by atoms with Crippen molar-refractivity contribution in [2.24, 2.45) is 0 Å². The number of likely N-dealkylation sites (tertiary alicyclic amines) is 1. The van der Waals surface area contributed by atoms with Crippen LogP contribution >= 0.6 is 15.9 Å². The normalized spacial score (nSPS) is 18.3. The van der Waals surface area contributed by atoms with Crippen LogP contribution in [0.2, 0.25) is 0 Å². The maximum atomic E-state index is 12.9. The maximum Gasteiger partial charge on any atom is 0.295 e. The number of aliphatic hydroxyl groups is 1. The average molecular weight is 474 g/mol. The molecule has 1 unspecified atom stereocenters. The average Bonchev–Trinajstić information content (AvgIpc) is 2.97. The van der Waals surface area contributed by atoms with Crippen LogP contribution in [0, 0.1) is 0 Å². The largest absolute Gasteiger partial charge is 0.507 e. The van der Waals surface area contributed by atoms with Crippen molar-refractivity contribution in [1.29, 1.82) is 0 Å². The van der Waals surface area contributed by atoms with Crippen molar-refractivity contribution in [3.8, 4) is 5.75 Å². The van der Waals surface area contributed by atoms with Crippen molar-refractivity contribution in [1.82, 2.24) is 4.90 Å². The summed E-state index contributed by atoms with van der Waals surface area (Å²) in [6.45, 7) is 4.38. The van der Waals surface area contributed by atoms with Gasteiger partial charge in [0.05, 0.1) is 24.3 Å². The molecule has 1 saturated heterocycles. The van der Waals surface area contributed by atoms with Crippen molar-refractivity contribution in [3.63, 3.8) is 0 Å². The highest BCUT2D eigenvalue weighted by Crippen LogP contribution is 2.39. The van der Waals surface area contributed by atoms with E-state index in [1.807, 2.05) is 26.0 Å². The quantitative estimate of drug-likeness (QED) is 0.368. The third-order valence-electron chi connectivity index (χ3n) is 4.76. The molecule has 0 bridgehead atoms. The summed E-state index contributed by atoms with van der Waals surface area (Å²) >= 11 is 3.36. The molecule has 1 fully saturated rings. The molecule has 1 aliphatic rings. The van der Waals surface area contributed by atoms with Gasteiger partial charge in [-0.05, 0) is 43.7 Å². The molecular weight excluding hydrogens is 450 g/mol. The fourth-order valence-corrected chi connectivity index (χ4v) is 3.68. The number of carbonyl (C=O) groups is 2. The Morgan fingerprint density at radius 2 is 1.73 bits per heavy atom. The minimum Gasteiger partial charge on any atom is -0.507 e. The minimum absolute atomic E-state index is 0.0283. The highest BCUT2D eigenvalue weighted by Gasteiger charge is 2.45. The summed E-state index contributed by atoms with van der Waals surface area (Å²) in [6, 6.07) is 13.4. The molecule has 7 heteroatoms. The van der Waals surface area contributed by atoms with Crippen molar-refractivity contribution in [2.75, 3.05) is 20.3 Å². The fourth-order valence-electron chi connectivity index (χ4n) is 3.41. The predicted molar refractivity (Wildman–Crippen MR) is 117 cm³/mol. The zero-order valence-electron chi connectivity index (χ0n) is 17.1. The summed E-state index contributed by atoms with van der Waals surface area (Å²) < 4.78 is 11.7. The molecular formula is C23H24BrNO5. The highest BCUT2D eigenvalue weighted by molar-refractivity contribution is 9.10. The van der Waals surface area contributed by atoms with Gasteiger partial charge in [-0.2, -0.15) is 0 Å². The lowest BCUT2D eigenvalue weighted by molar-refractivity contribution is -0.140. The lowest BCUT2D eigenvalue weighted by atomic mass is 9.95. The van der Waals surface area contributed by atoms with Gasteiger partial charge in [-0.15, -0.1) is 0 Å².